The van der Waals surface area contributed by atoms with Gasteiger partial charge in [0.1, 0.15) is 0 Å². The van der Waals surface area contributed by atoms with Gasteiger partial charge in [0, 0.05) is 20.3 Å². The third-order valence-electron chi connectivity index (χ3n) is 3.23. The van der Waals surface area contributed by atoms with Crippen LogP contribution in [0.25, 0.3) is 0 Å². The van der Waals surface area contributed by atoms with Crippen LogP contribution in [0.3, 0.4) is 0 Å². The zero-order valence-corrected chi connectivity index (χ0v) is 12.7. The molecule has 0 unspecified atom stereocenters. The van der Waals surface area contributed by atoms with Gasteiger partial charge in [0.05, 0.1) is 24.0 Å². The van der Waals surface area contributed by atoms with Gasteiger partial charge in [0.2, 0.25) is 0 Å². The zero-order chi connectivity index (χ0) is 15.2. The number of nitrogens with one attached hydrogen (secondary N) is 1. The smallest absolute Gasteiger partial charge is 0.340 e. The fraction of sp³-hybridized carbons (Fsp3) is 0.533. The van der Waals surface area contributed by atoms with Crippen LogP contribution in [0, 0.1) is 5.41 Å². The molecule has 0 fully saturated rings. The standard InChI is InChI=1S/C15H24N2O3/c1-15(2,8-9-19-3)10-17-13-11(14(18)20-4)6-5-7-12(13)16/h5-7,17H,8-10,16H2,1-4H3. The van der Waals surface area contributed by atoms with Crippen LogP contribution >= 0.6 is 0 Å². The Balaban J connectivity index is 2.84. The minimum Gasteiger partial charge on any atom is -0.465 e. The van der Waals surface area contributed by atoms with Crippen molar-refractivity contribution in [3.8, 4) is 0 Å². The van der Waals surface area contributed by atoms with Crippen LogP contribution in [0.4, 0.5) is 11.4 Å². The molecule has 0 spiro atoms. The maximum Gasteiger partial charge on any atom is 0.340 e. The first kappa shape index (κ1) is 16.3. The van der Waals surface area contributed by atoms with Crippen LogP contribution in [-0.4, -0.2) is 33.3 Å². The molecule has 0 saturated carbocycles. The fourth-order valence-electron chi connectivity index (χ4n) is 1.84. The molecule has 1 aromatic rings. The number of ether oxygens (including phenoxy) is 2. The van der Waals surface area contributed by atoms with Crippen LogP contribution < -0.4 is 11.1 Å². The summed E-state index contributed by atoms with van der Waals surface area (Å²) in [4.78, 5) is 11.7. The quantitative estimate of drug-likeness (QED) is 0.593. The summed E-state index contributed by atoms with van der Waals surface area (Å²) in [6.07, 6.45) is 0.913. The van der Waals surface area contributed by atoms with E-state index in [1.165, 1.54) is 7.11 Å². The number of hydrogen-bond acceptors (Lipinski definition) is 5. The Morgan fingerprint density at radius 3 is 2.65 bits per heavy atom. The van der Waals surface area contributed by atoms with Crippen molar-refractivity contribution in [1.29, 1.82) is 0 Å². The fourth-order valence-corrected chi connectivity index (χ4v) is 1.84. The lowest BCUT2D eigenvalue weighted by atomic mass is 9.89. The van der Waals surface area contributed by atoms with E-state index in [1.807, 2.05) is 0 Å². The van der Waals surface area contributed by atoms with Crippen LogP contribution in [0.1, 0.15) is 30.6 Å². The van der Waals surface area contributed by atoms with E-state index in [0.717, 1.165) is 6.42 Å². The van der Waals surface area contributed by atoms with E-state index in [2.05, 4.69) is 19.2 Å². The summed E-state index contributed by atoms with van der Waals surface area (Å²) >= 11 is 0. The molecule has 0 amide bonds. The highest BCUT2D eigenvalue weighted by Crippen LogP contribution is 2.27. The highest BCUT2D eigenvalue weighted by atomic mass is 16.5. The van der Waals surface area contributed by atoms with Crippen molar-refractivity contribution in [2.45, 2.75) is 20.3 Å². The Morgan fingerprint density at radius 2 is 2.05 bits per heavy atom. The molecule has 5 nitrogen and oxygen atoms in total. The van der Waals surface area contributed by atoms with Crippen molar-refractivity contribution in [3.63, 3.8) is 0 Å². The third-order valence-corrected chi connectivity index (χ3v) is 3.23. The first-order valence-electron chi connectivity index (χ1n) is 6.61. The summed E-state index contributed by atoms with van der Waals surface area (Å²) in [6, 6.07) is 5.20. The van der Waals surface area contributed by atoms with E-state index >= 15 is 0 Å². The molecule has 0 aliphatic carbocycles. The van der Waals surface area contributed by atoms with Crippen molar-refractivity contribution in [2.24, 2.45) is 5.41 Å². The molecule has 0 saturated heterocycles. The van der Waals surface area contributed by atoms with Crippen molar-refractivity contribution in [2.75, 3.05) is 38.4 Å². The van der Waals surface area contributed by atoms with Crippen molar-refractivity contribution in [1.82, 2.24) is 0 Å². The summed E-state index contributed by atoms with van der Waals surface area (Å²) in [5.41, 5.74) is 7.60. The Labute approximate surface area is 120 Å². The lowest BCUT2D eigenvalue weighted by Crippen LogP contribution is -2.25. The van der Waals surface area contributed by atoms with E-state index in [4.69, 9.17) is 15.2 Å². The molecule has 3 N–H and O–H groups in total. The minimum atomic E-state index is -0.394. The molecule has 0 aromatic heterocycles. The highest BCUT2D eigenvalue weighted by molar-refractivity contribution is 5.98. The minimum absolute atomic E-state index is 0.0334. The molecule has 0 aliphatic heterocycles. The van der Waals surface area contributed by atoms with Gasteiger partial charge in [-0.25, -0.2) is 4.79 Å². The topological polar surface area (TPSA) is 73.6 Å². The van der Waals surface area contributed by atoms with Crippen LogP contribution in [0.2, 0.25) is 0 Å². The Hall–Kier alpha value is -1.75. The predicted molar refractivity (Wildman–Crippen MR) is 81.0 cm³/mol. The second-order valence-corrected chi connectivity index (χ2v) is 5.52. The number of esters is 1. The second-order valence-electron chi connectivity index (χ2n) is 5.52. The summed E-state index contributed by atoms with van der Waals surface area (Å²) in [7, 11) is 3.05. The molecule has 0 bridgehead atoms. The van der Waals surface area contributed by atoms with Crippen LogP contribution in [-0.2, 0) is 9.47 Å². The summed E-state index contributed by atoms with van der Waals surface area (Å²) in [5, 5.41) is 3.26. The molecular weight excluding hydrogens is 256 g/mol. The number of carbonyl (C=O) groups is 1. The van der Waals surface area contributed by atoms with E-state index < -0.39 is 5.97 Å². The third kappa shape index (κ3) is 4.42. The molecule has 1 aromatic carbocycles. The van der Waals surface area contributed by atoms with Gasteiger partial charge in [-0.2, -0.15) is 0 Å². The van der Waals surface area contributed by atoms with Gasteiger partial charge in [0.15, 0.2) is 0 Å². The number of rotatable bonds is 7. The second kappa shape index (κ2) is 7.14. The molecule has 0 atom stereocenters. The van der Waals surface area contributed by atoms with E-state index in [1.54, 1.807) is 25.3 Å². The average Bonchev–Trinajstić information content (AvgIpc) is 2.42. The number of nitrogen functional groups attached to an aromatic ring is 1. The van der Waals surface area contributed by atoms with Gasteiger partial charge < -0.3 is 20.5 Å². The molecular formula is C15H24N2O3. The van der Waals surface area contributed by atoms with Gasteiger partial charge in [0.25, 0.3) is 0 Å². The van der Waals surface area contributed by atoms with Gasteiger partial charge in [-0.15, -0.1) is 0 Å². The molecule has 20 heavy (non-hydrogen) atoms. The zero-order valence-electron chi connectivity index (χ0n) is 12.7. The average molecular weight is 280 g/mol. The van der Waals surface area contributed by atoms with Crippen molar-refractivity contribution >= 4 is 17.3 Å². The maximum atomic E-state index is 11.7. The van der Waals surface area contributed by atoms with Crippen molar-refractivity contribution < 1.29 is 14.3 Å². The Kier molecular flexibility index (Phi) is 5.82. The first-order valence-corrected chi connectivity index (χ1v) is 6.61. The summed E-state index contributed by atoms with van der Waals surface area (Å²) in [6.45, 7) is 5.66. The number of nitrogens with two attached hydrogens (primary N) is 1. The lowest BCUT2D eigenvalue weighted by molar-refractivity contribution is 0.0601. The molecule has 0 aliphatic rings. The Bertz CT molecular complexity index is 458. The van der Waals surface area contributed by atoms with Crippen molar-refractivity contribution in [3.05, 3.63) is 23.8 Å². The molecule has 5 heteroatoms. The number of carbonyl (C=O) groups excluding carboxylic acids is 1. The first-order chi connectivity index (χ1) is 9.41. The van der Waals surface area contributed by atoms with Crippen LogP contribution in [0.15, 0.2) is 18.2 Å². The summed E-state index contributed by atoms with van der Waals surface area (Å²) in [5.74, 6) is -0.394. The van der Waals surface area contributed by atoms with Gasteiger partial charge in [-0.3, -0.25) is 0 Å². The van der Waals surface area contributed by atoms with Gasteiger partial charge >= 0.3 is 5.97 Å². The molecule has 0 heterocycles. The normalized spacial score (nSPS) is 11.2. The largest absolute Gasteiger partial charge is 0.465 e. The monoisotopic (exact) mass is 280 g/mol. The number of hydrogen-bond donors (Lipinski definition) is 2. The molecule has 1 rings (SSSR count). The van der Waals surface area contributed by atoms with Crippen LogP contribution in [0.5, 0.6) is 0 Å². The number of anilines is 2. The SMILES string of the molecule is COCCC(C)(C)CNc1c(N)cccc1C(=O)OC. The predicted octanol–water partition coefficient (Wildman–Crippen LogP) is 2.53. The maximum absolute atomic E-state index is 11.7. The molecule has 112 valence electrons. The van der Waals surface area contributed by atoms with Gasteiger partial charge in [-0.1, -0.05) is 19.9 Å². The van der Waals surface area contributed by atoms with E-state index in [0.29, 0.717) is 30.1 Å². The van der Waals surface area contributed by atoms with Gasteiger partial charge in [-0.05, 0) is 24.0 Å². The Morgan fingerprint density at radius 1 is 1.35 bits per heavy atom. The van der Waals surface area contributed by atoms with E-state index in [-0.39, 0.29) is 5.41 Å². The molecule has 0 radical (unpaired) electrons. The number of benzene rings is 1. The summed E-state index contributed by atoms with van der Waals surface area (Å²) < 4.78 is 9.88. The number of para-hydroxylation sites is 1. The lowest BCUT2D eigenvalue weighted by Gasteiger charge is -2.26. The number of methoxy groups -OCH3 is 2. The highest BCUT2D eigenvalue weighted by Gasteiger charge is 2.20. The van der Waals surface area contributed by atoms with E-state index in [9.17, 15) is 4.79 Å².